The van der Waals surface area contributed by atoms with Gasteiger partial charge in [0.15, 0.2) is 22.8 Å². The maximum atomic E-state index is 12.8. The normalized spacial score (nSPS) is 19.9. The first-order valence-corrected chi connectivity index (χ1v) is 31.0. The van der Waals surface area contributed by atoms with Crippen molar-refractivity contribution in [1.29, 1.82) is 0 Å². The lowest BCUT2D eigenvalue weighted by Crippen LogP contribution is -2.46. The molecule has 28 heteroatoms. The minimum absolute atomic E-state index is 0.0344. The van der Waals surface area contributed by atoms with Crippen LogP contribution in [0.15, 0.2) is 12.7 Å². The predicted octanol–water partition coefficient (Wildman–Crippen LogP) is 7.12. The lowest BCUT2D eigenvalue weighted by Gasteiger charge is -2.30. The third-order valence-electron chi connectivity index (χ3n) is 12.4. The smallest absolute Gasteiger partial charge is 0.386 e. The molecule has 73 heavy (non-hydrogen) atoms. The maximum Gasteiger partial charge on any atom is 0.481 e. The van der Waals surface area contributed by atoms with Crippen LogP contribution >= 0.6 is 35.2 Å². The van der Waals surface area contributed by atoms with Crippen LogP contribution in [0.1, 0.15) is 169 Å². The zero-order valence-electron chi connectivity index (χ0n) is 42.8. The Hall–Kier alpha value is -2.44. The standard InChI is InChI=1S/C45H82N7O17P3S/c1-5-6-7-8-9-10-11-12-13-14-16-19-22-33(2)23-20-17-15-18-21-24-36(54)73-28-27-47-35(53)25-26-48-43(57)40(56)45(3,4)30-66-72(63,64)69-71(61,62)65-29-34-39(68-70(58,59)60)38(55)44(67-34)52-32-51-37-41(46)49-31-50-42(37)52/h31-34,38-40,44,55-56H,5-30H2,1-4H3,(H,47,53)(H,48,57)(H,61,62)(H,63,64)(H2,46,49,50)(H2,58,59,60). The fraction of sp³-hybridized carbons (Fsp3) is 0.822. The van der Waals surface area contributed by atoms with Crippen molar-refractivity contribution >= 4 is 69.1 Å². The topological polar surface area (TPSA) is 364 Å². The second-order valence-corrected chi connectivity index (χ2v) is 24.8. The second kappa shape index (κ2) is 33.0. The number of fused-ring (bicyclic) bond motifs is 1. The number of carbonyl (C=O) groups is 3. The number of aliphatic hydroxyl groups is 2. The van der Waals surface area contributed by atoms with Gasteiger partial charge in [0.2, 0.25) is 11.8 Å². The lowest BCUT2D eigenvalue weighted by molar-refractivity contribution is -0.137. The first-order valence-electron chi connectivity index (χ1n) is 25.5. The van der Waals surface area contributed by atoms with E-state index in [1.165, 1.54) is 117 Å². The van der Waals surface area contributed by atoms with E-state index in [1.807, 2.05) is 0 Å². The molecule has 420 valence electrons. The molecule has 1 aliphatic heterocycles. The van der Waals surface area contributed by atoms with E-state index in [9.17, 15) is 57.9 Å². The monoisotopic (exact) mass is 1120 g/mol. The Labute approximate surface area is 433 Å². The van der Waals surface area contributed by atoms with E-state index in [-0.39, 0.29) is 41.6 Å². The van der Waals surface area contributed by atoms with Crippen molar-refractivity contribution in [3.63, 3.8) is 0 Å². The van der Waals surface area contributed by atoms with Crippen LogP contribution in [0.3, 0.4) is 0 Å². The van der Waals surface area contributed by atoms with Crippen LogP contribution < -0.4 is 16.4 Å². The third kappa shape index (κ3) is 25.5. The number of thioether (sulfide) groups is 1. The molecule has 24 nitrogen and oxygen atoms in total. The van der Waals surface area contributed by atoms with Crippen LogP contribution in [0.25, 0.3) is 11.2 Å². The van der Waals surface area contributed by atoms with Crippen molar-refractivity contribution in [3.05, 3.63) is 12.7 Å². The molecule has 8 unspecified atom stereocenters. The highest BCUT2D eigenvalue weighted by Crippen LogP contribution is 2.61. The summed E-state index contributed by atoms with van der Waals surface area (Å²) < 4.78 is 62.6. The van der Waals surface area contributed by atoms with E-state index in [0.29, 0.717) is 12.2 Å². The molecule has 0 spiro atoms. The number of imidazole rings is 1. The number of nitrogens with two attached hydrogens (primary N) is 1. The fourth-order valence-electron chi connectivity index (χ4n) is 8.14. The van der Waals surface area contributed by atoms with Crippen molar-refractivity contribution in [2.45, 2.75) is 193 Å². The zero-order chi connectivity index (χ0) is 54.1. The maximum absolute atomic E-state index is 12.8. The second-order valence-electron chi connectivity index (χ2n) is 19.4. The molecule has 0 aliphatic carbocycles. The molecule has 10 N–H and O–H groups in total. The van der Waals surface area contributed by atoms with Gasteiger partial charge in [-0.15, -0.1) is 0 Å². The molecule has 1 aliphatic rings. The van der Waals surface area contributed by atoms with Crippen molar-refractivity contribution < 1.29 is 80.5 Å². The molecule has 0 aromatic carbocycles. The lowest BCUT2D eigenvalue weighted by atomic mass is 9.87. The highest BCUT2D eigenvalue weighted by molar-refractivity contribution is 8.13. The van der Waals surface area contributed by atoms with Gasteiger partial charge < -0.3 is 50.9 Å². The molecule has 8 atom stereocenters. The van der Waals surface area contributed by atoms with Crippen molar-refractivity contribution in [2.24, 2.45) is 11.3 Å². The summed E-state index contributed by atoms with van der Waals surface area (Å²) >= 11 is 1.16. The van der Waals surface area contributed by atoms with Crippen LogP contribution in [-0.2, 0) is 50.7 Å². The Balaban J connectivity index is 1.24. The summed E-state index contributed by atoms with van der Waals surface area (Å²) in [5.41, 5.74) is 4.30. The number of anilines is 1. The number of rotatable bonds is 40. The number of ether oxygens (including phenoxy) is 1. The molecule has 0 bridgehead atoms. The number of unbranched alkanes of at least 4 members (excludes halogenated alkanes) is 15. The Morgan fingerprint density at radius 3 is 2.00 bits per heavy atom. The molecule has 1 fully saturated rings. The van der Waals surface area contributed by atoms with Crippen molar-refractivity contribution in [3.8, 4) is 0 Å². The minimum atomic E-state index is -5.58. The van der Waals surface area contributed by atoms with Gasteiger partial charge in [-0.1, -0.05) is 155 Å². The van der Waals surface area contributed by atoms with Gasteiger partial charge in [0.25, 0.3) is 0 Å². The third-order valence-corrected chi connectivity index (χ3v) is 16.4. The minimum Gasteiger partial charge on any atom is -0.386 e. The molecule has 1 saturated heterocycles. The van der Waals surface area contributed by atoms with Crippen LogP contribution in [0.4, 0.5) is 5.82 Å². The molecule has 3 rings (SSSR count). The number of nitrogens with zero attached hydrogens (tertiary/aromatic N) is 4. The summed E-state index contributed by atoms with van der Waals surface area (Å²) in [7, 11) is -16.4. The van der Waals surface area contributed by atoms with Gasteiger partial charge in [-0.25, -0.2) is 28.6 Å². The number of aliphatic hydroxyl groups excluding tert-OH is 2. The quantitative estimate of drug-likeness (QED) is 0.0237. The average Bonchev–Trinajstić information content (AvgIpc) is 3.88. The number of hydrogen-bond donors (Lipinski definition) is 9. The van der Waals surface area contributed by atoms with Gasteiger partial charge in [-0.05, 0) is 12.3 Å². The van der Waals surface area contributed by atoms with E-state index in [1.54, 1.807) is 0 Å². The molecule has 3 heterocycles. The van der Waals surface area contributed by atoms with Gasteiger partial charge in [-0.2, -0.15) is 4.31 Å². The predicted molar refractivity (Wildman–Crippen MR) is 274 cm³/mol. The number of carbonyl (C=O) groups excluding carboxylic acids is 3. The van der Waals surface area contributed by atoms with Crippen LogP contribution in [0.2, 0.25) is 0 Å². The molecular weight excluding hydrogens is 1040 g/mol. The van der Waals surface area contributed by atoms with E-state index < -0.39 is 84.6 Å². The molecule has 2 aromatic rings. The largest absolute Gasteiger partial charge is 0.481 e. The summed E-state index contributed by atoms with van der Waals surface area (Å²) in [6.07, 6.45) is 18.0. The average molecular weight is 1120 g/mol. The SMILES string of the molecule is CCCCCCCCCCCCCCC(C)CCCCCCCC(=O)SCCNC(=O)CCNC(=O)C(O)C(C)(C)COP(=O)(O)OP(=O)(O)OCC1OC(n2cnc3c(N)ncnc32)C(O)C1OP(=O)(O)O. The van der Waals surface area contributed by atoms with E-state index in [0.717, 1.165) is 54.2 Å². The molecular formula is C45H82N7O17P3S. The van der Waals surface area contributed by atoms with Gasteiger partial charge >= 0.3 is 23.5 Å². The van der Waals surface area contributed by atoms with E-state index >= 15 is 0 Å². The Kier molecular flexibility index (Phi) is 29.3. The first-order chi connectivity index (χ1) is 34.4. The number of phosphoric ester groups is 3. The van der Waals surface area contributed by atoms with E-state index in [4.69, 9.17) is 19.5 Å². The number of hydrogen-bond acceptors (Lipinski definition) is 18. The number of nitrogens with one attached hydrogen (secondary N) is 2. The van der Waals surface area contributed by atoms with Crippen molar-refractivity contribution in [2.75, 3.05) is 37.8 Å². The molecule has 2 amide bonds. The summed E-state index contributed by atoms with van der Waals surface area (Å²) in [4.78, 5) is 88.7. The summed E-state index contributed by atoms with van der Waals surface area (Å²) in [6, 6.07) is 0. The zero-order valence-corrected chi connectivity index (χ0v) is 46.3. The number of nitrogen functional groups attached to an aromatic ring is 1. The molecule has 2 aromatic heterocycles. The highest BCUT2D eigenvalue weighted by atomic mass is 32.2. The summed E-state index contributed by atoms with van der Waals surface area (Å²) in [5, 5.41) is 26.7. The van der Waals surface area contributed by atoms with Gasteiger partial charge in [0.05, 0.1) is 19.5 Å². The first kappa shape index (κ1) is 64.8. The molecule has 0 saturated carbocycles. The Morgan fingerprint density at radius 2 is 1.40 bits per heavy atom. The number of phosphoric acid groups is 3. The van der Waals surface area contributed by atoms with Gasteiger partial charge in [0.1, 0.15) is 36.3 Å². The van der Waals surface area contributed by atoms with Crippen LogP contribution in [0.5, 0.6) is 0 Å². The summed E-state index contributed by atoms with van der Waals surface area (Å²) in [5.74, 6) is -0.251. The Morgan fingerprint density at radius 1 is 0.822 bits per heavy atom. The van der Waals surface area contributed by atoms with E-state index in [2.05, 4.69) is 48.3 Å². The number of amides is 2. The van der Waals surface area contributed by atoms with Gasteiger partial charge in [-0.3, -0.25) is 32.5 Å². The van der Waals surface area contributed by atoms with Crippen molar-refractivity contribution in [1.82, 2.24) is 30.2 Å². The fourth-order valence-corrected chi connectivity index (χ4v) is 11.7. The van der Waals surface area contributed by atoms with Gasteiger partial charge in [0, 0.05) is 37.1 Å². The Bertz CT molecular complexity index is 2120. The summed E-state index contributed by atoms with van der Waals surface area (Å²) in [6.45, 7) is 5.21. The highest BCUT2D eigenvalue weighted by Gasteiger charge is 2.50. The molecule has 0 radical (unpaired) electrons. The van der Waals surface area contributed by atoms with Crippen LogP contribution in [-0.4, -0.2) is 123 Å². The number of aromatic nitrogens is 4. The van der Waals surface area contributed by atoms with Crippen LogP contribution in [0, 0.1) is 11.3 Å².